The molecule has 0 aromatic rings. The maximum atomic E-state index is 7.00. The van der Waals surface area contributed by atoms with Gasteiger partial charge in [-0.3, -0.25) is 0 Å². The first-order valence-corrected chi connectivity index (χ1v) is 3.48. The van der Waals surface area contributed by atoms with E-state index in [4.69, 9.17) is 14.6 Å². The normalized spacial score (nSPS) is 20.7. The molecule has 0 fully saturated rings. The topological polar surface area (TPSA) is 63.4 Å². The van der Waals surface area contributed by atoms with Crippen molar-refractivity contribution in [2.75, 3.05) is 21.3 Å². The average Bonchev–Trinajstić information content (AvgIpc) is 2.21. The summed E-state index contributed by atoms with van der Waals surface area (Å²) in [6, 6.07) is 0.387. The fourth-order valence-corrected chi connectivity index (χ4v) is 0.685. The number of hydrogen-bond acceptors (Lipinski definition) is 5. The van der Waals surface area contributed by atoms with E-state index in [0.29, 0.717) is 6.02 Å². The summed E-state index contributed by atoms with van der Waals surface area (Å²) in [5, 5.41) is 7.00. The summed E-state index contributed by atoms with van der Waals surface area (Å²) in [6.07, 6.45) is 2.34. The Morgan fingerprint density at radius 2 is 2.17 bits per heavy atom. The molecule has 1 atom stereocenters. The second-order valence-electron chi connectivity index (χ2n) is 1.85. The maximum absolute atomic E-state index is 7.00. The molecule has 70 valence electrons. The van der Waals surface area contributed by atoms with Gasteiger partial charge in [-0.2, -0.15) is 0 Å². The number of hydrogen-bond donors (Lipinski definition) is 1. The highest BCUT2D eigenvalue weighted by Crippen LogP contribution is 2.03. The molecule has 5 nitrogen and oxygen atoms in total. The molecule has 5 heteroatoms. The Hall–Kier alpha value is -0.940. The van der Waals surface area contributed by atoms with Crippen molar-refractivity contribution in [3.05, 3.63) is 0 Å². The summed E-state index contributed by atoms with van der Waals surface area (Å²) < 4.78 is 9.76. The van der Waals surface area contributed by atoms with E-state index < -0.39 is 0 Å². The number of aliphatic hydroxyl groups excluding tert-OH is 1. The van der Waals surface area contributed by atoms with Crippen molar-refractivity contribution < 1.29 is 14.6 Å². The van der Waals surface area contributed by atoms with Gasteiger partial charge in [0.25, 0.3) is 0 Å². The lowest BCUT2D eigenvalue weighted by Gasteiger charge is -2.11. The van der Waals surface area contributed by atoms with Crippen molar-refractivity contribution >= 4 is 12.2 Å². The Balaban J connectivity index is 0.000000561. The molecule has 1 rings (SSSR count). The number of amidine groups is 1. The van der Waals surface area contributed by atoms with Gasteiger partial charge in [0.1, 0.15) is 0 Å². The van der Waals surface area contributed by atoms with Crippen molar-refractivity contribution in [2.24, 2.45) is 9.98 Å². The molecule has 12 heavy (non-hydrogen) atoms. The van der Waals surface area contributed by atoms with E-state index in [2.05, 4.69) is 9.98 Å². The van der Waals surface area contributed by atoms with Crippen molar-refractivity contribution in [1.82, 2.24) is 0 Å². The summed E-state index contributed by atoms with van der Waals surface area (Å²) in [5.41, 5.74) is 0. The van der Waals surface area contributed by atoms with E-state index in [0.717, 1.165) is 13.5 Å². The number of rotatable bonds is 1. The van der Waals surface area contributed by atoms with Gasteiger partial charge < -0.3 is 14.6 Å². The molecule has 1 heterocycles. The molecule has 0 bridgehead atoms. The van der Waals surface area contributed by atoms with Gasteiger partial charge in [-0.1, -0.05) is 0 Å². The molecule has 0 aromatic carbocycles. The Morgan fingerprint density at radius 1 is 1.50 bits per heavy atom. The Bertz CT molecular complexity index is 168. The fraction of sp³-hybridized carbons (Fsp3) is 0.714. The summed E-state index contributed by atoms with van der Waals surface area (Å²) in [6.45, 7) is 0. The summed E-state index contributed by atoms with van der Waals surface area (Å²) in [5.74, 6) is 0. The fourth-order valence-electron chi connectivity index (χ4n) is 0.685. The molecular weight excluding hydrogens is 160 g/mol. The van der Waals surface area contributed by atoms with E-state index in [-0.39, 0.29) is 6.23 Å². The minimum Gasteiger partial charge on any atom is -0.467 e. The number of aliphatic hydroxyl groups is 1. The zero-order valence-corrected chi connectivity index (χ0v) is 7.52. The van der Waals surface area contributed by atoms with Crippen LogP contribution >= 0.6 is 0 Å². The zero-order chi connectivity index (χ0) is 9.40. The first-order chi connectivity index (χ1) is 5.86. The number of ether oxygens (including phenoxy) is 2. The van der Waals surface area contributed by atoms with Crippen molar-refractivity contribution in [3.8, 4) is 0 Å². The minimum atomic E-state index is -0.118. The third kappa shape index (κ3) is 3.45. The number of nitrogens with zero attached hydrogens (tertiary/aromatic N) is 2. The van der Waals surface area contributed by atoms with E-state index in [9.17, 15) is 0 Å². The van der Waals surface area contributed by atoms with Crippen molar-refractivity contribution in [1.29, 1.82) is 0 Å². The monoisotopic (exact) mass is 174 g/mol. The summed E-state index contributed by atoms with van der Waals surface area (Å²) >= 11 is 0. The van der Waals surface area contributed by atoms with Crippen LogP contribution in [0.2, 0.25) is 0 Å². The predicted octanol–water partition coefficient (Wildman–Crippen LogP) is 0.0443. The molecule has 0 aliphatic carbocycles. The molecule has 0 saturated heterocycles. The lowest BCUT2D eigenvalue weighted by atomic mass is 10.4. The highest BCUT2D eigenvalue weighted by Gasteiger charge is 2.09. The highest BCUT2D eigenvalue weighted by atomic mass is 16.5. The third-order valence-corrected chi connectivity index (χ3v) is 1.22. The van der Waals surface area contributed by atoms with E-state index in [1.165, 1.54) is 7.11 Å². The van der Waals surface area contributed by atoms with E-state index in [1.54, 1.807) is 13.3 Å². The average molecular weight is 174 g/mol. The maximum Gasteiger partial charge on any atom is 0.313 e. The molecule has 0 aromatic heterocycles. The summed E-state index contributed by atoms with van der Waals surface area (Å²) in [4.78, 5) is 7.86. The molecule has 1 aliphatic rings. The first-order valence-electron chi connectivity index (χ1n) is 3.48. The van der Waals surface area contributed by atoms with E-state index in [1.807, 2.05) is 0 Å². The van der Waals surface area contributed by atoms with Crippen LogP contribution in [0.1, 0.15) is 6.42 Å². The van der Waals surface area contributed by atoms with Crippen LogP contribution < -0.4 is 0 Å². The van der Waals surface area contributed by atoms with Gasteiger partial charge in [-0.25, -0.2) is 9.98 Å². The second-order valence-corrected chi connectivity index (χ2v) is 1.85. The largest absolute Gasteiger partial charge is 0.467 e. The predicted molar refractivity (Wildman–Crippen MR) is 46.5 cm³/mol. The standard InChI is InChI=1S/C6H10N2O2.CH4O/c1-9-5-3-4-7-6(8-5)10-2;1-2/h4-5H,3H2,1-2H3;2H,1H3. The highest BCUT2D eigenvalue weighted by molar-refractivity contribution is 5.85. The molecule has 0 saturated carbocycles. The molecule has 0 spiro atoms. The van der Waals surface area contributed by atoms with Crippen LogP contribution in [0.3, 0.4) is 0 Å². The van der Waals surface area contributed by atoms with Gasteiger partial charge in [0.05, 0.1) is 7.11 Å². The van der Waals surface area contributed by atoms with Crippen LogP contribution in [0, 0.1) is 0 Å². The minimum absolute atomic E-state index is 0.118. The van der Waals surface area contributed by atoms with Gasteiger partial charge in [0, 0.05) is 26.9 Å². The lowest BCUT2D eigenvalue weighted by Crippen LogP contribution is -2.16. The Labute approximate surface area is 71.7 Å². The second kappa shape index (κ2) is 6.75. The Morgan fingerprint density at radius 3 is 2.67 bits per heavy atom. The number of methoxy groups -OCH3 is 2. The first kappa shape index (κ1) is 11.1. The Kier molecular flexibility index (Phi) is 6.22. The van der Waals surface area contributed by atoms with Gasteiger partial charge in [-0.05, 0) is 0 Å². The van der Waals surface area contributed by atoms with Crippen LogP contribution in [0.25, 0.3) is 0 Å². The van der Waals surface area contributed by atoms with Gasteiger partial charge in [-0.15, -0.1) is 0 Å². The van der Waals surface area contributed by atoms with Crippen molar-refractivity contribution in [2.45, 2.75) is 12.6 Å². The van der Waals surface area contributed by atoms with E-state index >= 15 is 0 Å². The molecule has 0 radical (unpaired) electrons. The third-order valence-electron chi connectivity index (χ3n) is 1.22. The molecular formula is C7H14N2O3. The summed E-state index contributed by atoms with van der Waals surface area (Å²) in [7, 11) is 4.15. The van der Waals surface area contributed by atoms with Crippen LogP contribution in [0.15, 0.2) is 9.98 Å². The van der Waals surface area contributed by atoms with Crippen LogP contribution in [-0.2, 0) is 9.47 Å². The smallest absolute Gasteiger partial charge is 0.313 e. The lowest BCUT2D eigenvalue weighted by molar-refractivity contribution is 0.113. The van der Waals surface area contributed by atoms with Gasteiger partial charge >= 0.3 is 6.02 Å². The van der Waals surface area contributed by atoms with Crippen LogP contribution in [0.5, 0.6) is 0 Å². The number of aliphatic imine (C=N–C) groups is 2. The molecule has 1 aliphatic heterocycles. The van der Waals surface area contributed by atoms with Gasteiger partial charge in [0.2, 0.25) is 0 Å². The van der Waals surface area contributed by atoms with Crippen LogP contribution in [-0.4, -0.2) is 44.9 Å². The van der Waals surface area contributed by atoms with Gasteiger partial charge in [0.15, 0.2) is 6.23 Å². The quantitative estimate of drug-likeness (QED) is 0.610. The molecule has 1 N–H and O–H groups in total. The zero-order valence-electron chi connectivity index (χ0n) is 7.52. The van der Waals surface area contributed by atoms with Crippen LogP contribution in [0.4, 0.5) is 0 Å². The van der Waals surface area contributed by atoms with Crippen molar-refractivity contribution in [3.63, 3.8) is 0 Å². The molecule has 1 unspecified atom stereocenters. The SMILES string of the molecule is CO.COC1=NC(OC)CC=N1. The molecule has 0 amide bonds.